The van der Waals surface area contributed by atoms with Crippen molar-refractivity contribution >= 4 is 17.5 Å². The zero-order valence-corrected chi connectivity index (χ0v) is 15.2. The number of carbonyl (C=O) groups excluding carboxylic acids is 1. The van der Waals surface area contributed by atoms with Gasteiger partial charge in [0.15, 0.2) is 0 Å². The van der Waals surface area contributed by atoms with Crippen LogP contribution in [0.2, 0.25) is 5.02 Å². The van der Waals surface area contributed by atoms with Crippen LogP contribution in [0.5, 0.6) is 11.6 Å². The molecule has 0 N–H and O–H groups in total. The Kier molecular flexibility index (Phi) is 4.98. The summed E-state index contributed by atoms with van der Waals surface area (Å²) in [6.07, 6.45) is 8.26. The third-order valence-corrected chi connectivity index (χ3v) is 4.70. The van der Waals surface area contributed by atoms with E-state index in [1.807, 2.05) is 4.90 Å². The van der Waals surface area contributed by atoms with Crippen LogP contribution in [0.15, 0.2) is 61.2 Å². The van der Waals surface area contributed by atoms with Crippen LogP contribution >= 0.6 is 11.6 Å². The van der Waals surface area contributed by atoms with E-state index >= 15 is 0 Å². The van der Waals surface area contributed by atoms with Crippen LogP contribution < -0.4 is 4.74 Å². The highest BCUT2D eigenvalue weighted by atomic mass is 35.5. The van der Waals surface area contributed by atoms with Gasteiger partial charge in [0.1, 0.15) is 5.75 Å². The number of aromatic nitrogens is 3. The van der Waals surface area contributed by atoms with Crippen molar-refractivity contribution in [3.63, 3.8) is 0 Å². The lowest BCUT2D eigenvalue weighted by Crippen LogP contribution is -2.31. The minimum atomic E-state index is -0.119. The molecule has 1 aliphatic heterocycles. The van der Waals surface area contributed by atoms with Gasteiger partial charge in [-0.3, -0.25) is 14.8 Å². The number of hydrogen-bond donors (Lipinski definition) is 0. The van der Waals surface area contributed by atoms with Gasteiger partial charge in [-0.25, -0.2) is 4.98 Å². The molecule has 0 aliphatic carbocycles. The molecule has 0 unspecified atom stereocenters. The number of nitrogens with zero attached hydrogens (tertiary/aromatic N) is 4. The van der Waals surface area contributed by atoms with E-state index in [1.54, 1.807) is 61.2 Å². The first-order valence-electron chi connectivity index (χ1n) is 8.67. The van der Waals surface area contributed by atoms with E-state index in [0.29, 0.717) is 28.8 Å². The zero-order valence-electron chi connectivity index (χ0n) is 14.5. The van der Waals surface area contributed by atoms with Gasteiger partial charge >= 0.3 is 0 Å². The SMILES string of the molecule is O=C(c1ccncc1)N1CCC[C@@H]1c1cncc(Oc2ccc(Cl)cc2)n1. The first-order chi connectivity index (χ1) is 13.2. The van der Waals surface area contributed by atoms with Gasteiger partial charge in [0, 0.05) is 29.5 Å². The molecule has 3 heterocycles. The lowest BCUT2D eigenvalue weighted by atomic mass is 10.1. The van der Waals surface area contributed by atoms with Crippen LogP contribution in [0.25, 0.3) is 0 Å². The fourth-order valence-electron chi connectivity index (χ4n) is 3.17. The summed E-state index contributed by atoms with van der Waals surface area (Å²) >= 11 is 5.90. The van der Waals surface area contributed by atoms with Gasteiger partial charge in [-0.05, 0) is 49.2 Å². The zero-order chi connectivity index (χ0) is 18.6. The van der Waals surface area contributed by atoms with Gasteiger partial charge in [-0.1, -0.05) is 11.6 Å². The first-order valence-corrected chi connectivity index (χ1v) is 9.05. The number of ether oxygens (including phenoxy) is 1. The van der Waals surface area contributed by atoms with Crippen LogP contribution in [-0.4, -0.2) is 32.3 Å². The lowest BCUT2D eigenvalue weighted by molar-refractivity contribution is 0.0732. The third kappa shape index (κ3) is 3.90. The van der Waals surface area contributed by atoms with E-state index < -0.39 is 0 Å². The topological polar surface area (TPSA) is 68.2 Å². The molecule has 1 saturated heterocycles. The summed E-state index contributed by atoms with van der Waals surface area (Å²) in [6, 6.07) is 10.4. The number of amides is 1. The van der Waals surface area contributed by atoms with E-state index in [4.69, 9.17) is 16.3 Å². The second-order valence-electron chi connectivity index (χ2n) is 6.23. The van der Waals surface area contributed by atoms with Crippen molar-refractivity contribution in [1.82, 2.24) is 19.9 Å². The molecule has 27 heavy (non-hydrogen) atoms. The number of rotatable bonds is 4. The molecule has 1 amide bonds. The largest absolute Gasteiger partial charge is 0.437 e. The third-order valence-electron chi connectivity index (χ3n) is 4.45. The van der Waals surface area contributed by atoms with Crippen molar-refractivity contribution in [1.29, 1.82) is 0 Å². The number of likely N-dealkylation sites (tertiary alicyclic amines) is 1. The van der Waals surface area contributed by atoms with Gasteiger partial charge < -0.3 is 9.64 Å². The molecule has 0 bridgehead atoms. The van der Waals surface area contributed by atoms with Crippen LogP contribution in [0.4, 0.5) is 0 Å². The number of benzene rings is 1. The van der Waals surface area contributed by atoms with E-state index in [9.17, 15) is 4.79 Å². The van der Waals surface area contributed by atoms with Crippen molar-refractivity contribution in [2.75, 3.05) is 6.54 Å². The van der Waals surface area contributed by atoms with E-state index in [-0.39, 0.29) is 11.9 Å². The van der Waals surface area contributed by atoms with Crippen LogP contribution in [0.3, 0.4) is 0 Å². The summed E-state index contributed by atoms with van der Waals surface area (Å²) in [5.74, 6) is 0.991. The molecule has 7 heteroatoms. The minimum Gasteiger partial charge on any atom is -0.437 e. The Bertz CT molecular complexity index is 934. The maximum Gasteiger partial charge on any atom is 0.254 e. The number of pyridine rings is 1. The van der Waals surface area contributed by atoms with Gasteiger partial charge in [0.05, 0.1) is 24.1 Å². The molecule has 0 radical (unpaired) electrons. The number of hydrogen-bond acceptors (Lipinski definition) is 5. The molecule has 1 aromatic carbocycles. The van der Waals surface area contributed by atoms with E-state index in [1.165, 1.54) is 0 Å². The van der Waals surface area contributed by atoms with Crippen molar-refractivity contribution in [3.05, 3.63) is 77.5 Å². The molecule has 3 aromatic rings. The Labute approximate surface area is 161 Å². The smallest absolute Gasteiger partial charge is 0.254 e. The quantitative estimate of drug-likeness (QED) is 0.675. The molecule has 4 rings (SSSR count). The van der Waals surface area contributed by atoms with E-state index in [2.05, 4.69) is 15.0 Å². The maximum absolute atomic E-state index is 12.8. The highest BCUT2D eigenvalue weighted by molar-refractivity contribution is 6.30. The molecule has 1 atom stereocenters. The summed E-state index contributed by atoms with van der Waals surface area (Å²) < 4.78 is 5.77. The fourth-order valence-corrected chi connectivity index (χ4v) is 3.30. The predicted molar refractivity (Wildman–Crippen MR) is 101 cm³/mol. The molecular formula is C20H17ClN4O2. The summed E-state index contributed by atoms with van der Waals surface area (Å²) in [5, 5.41) is 0.637. The van der Waals surface area contributed by atoms with Gasteiger partial charge in [0.2, 0.25) is 5.88 Å². The Morgan fingerprint density at radius 1 is 1.07 bits per heavy atom. The summed E-state index contributed by atoms with van der Waals surface area (Å²) in [5.41, 5.74) is 1.35. The molecule has 1 aliphatic rings. The van der Waals surface area contributed by atoms with Crippen LogP contribution in [0, 0.1) is 0 Å². The summed E-state index contributed by atoms with van der Waals surface area (Å²) in [6.45, 7) is 0.690. The van der Waals surface area contributed by atoms with Crippen molar-refractivity contribution < 1.29 is 9.53 Å². The van der Waals surface area contributed by atoms with E-state index in [0.717, 1.165) is 18.5 Å². The van der Waals surface area contributed by atoms with Crippen molar-refractivity contribution in [3.8, 4) is 11.6 Å². The average molecular weight is 381 g/mol. The molecule has 0 saturated carbocycles. The molecule has 2 aromatic heterocycles. The van der Waals surface area contributed by atoms with Crippen molar-refractivity contribution in [2.24, 2.45) is 0 Å². The van der Waals surface area contributed by atoms with Crippen molar-refractivity contribution in [2.45, 2.75) is 18.9 Å². The Morgan fingerprint density at radius 3 is 2.63 bits per heavy atom. The standard InChI is InChI=1S/C20H17ClN4O2/c21-15-3-5-16(6-4-15)27-19-13-23-12-17(24-19)18-2-1-11-25(18)20(26)14-7-9-22-10-8-14/h3-10,12-13,18H,1-2,11H2/t18-/m1/s1. The first kappa shape index (κ1) is 17.4. The molecular weight excluding hydrogens is 364 g/mol. The van der Waals surface area contributed by atoms with Gasteiger partial charge in [-0.2, -0.15) is 0 Å². The van der Waals surface area contributed by atoms with Crippen LogP contribution in [0.1, 0.15) is 34.9 Å². The normalized spacial score (nSPS) is 16.3. The van der Waals surface area contributed by atoms with Gasteiger partial charge in [0.25, 0.3) is 5.91 Å². The molecule has 1 fully saturated rings. The minimum absolute atomic E-state index is 0.0225. The predicted octanol–water partition coefficient (Wildman–Crippen LogP) is 4.29. The fraction of sp³-hybridized carbons (Fsp3) is 0.200. The second-order valence-corrected chi connectivity index (χ2v) is 6.67. The maximum atomic E-state index is 12.8. The highest BCUT2D eigenvalue weighted by Crippen LogP contribution is 2.33. The summed E-state index contributed by atoms with van der Waals surface area (Å²) in [7, 11) is 0. The lowest BCUT2D eigenvalue weighted by Gasteiger charge is -2.24. The second kappa shape index (κ2) is 7.72. The Hall–Kier alpha value is -2.99. The molecule has 136 valence electrons. The number of carbonyl (C=O) groups is 1. The Balaban J connectivity index is 1.55. The highest BCUT2D eigenvalue weighted by Gasteiger charge is 2.32. The monoisotopic (exact) mass is 380 g/mol. The number of halogens is 1. The van der Waals surface area contributed by atoms with Gasteiger partial charge in [-0.15, -0.1) is 0 Å². The average Bonchev–Trinajstić information content (AvgIpc) is 3.20. The summed E-state index contributed by atoms with van der Waals surface area (Å²) in [4.78, 5) is 27.5. The molecule has 6 nitrogen and oxygen atoms in total. The van der Waals surface area contributed by atoms with Crippen LogP contribution in [-0.2, 0) is 0 Å². The Morgan fingerprint density at radius 2 is 1.85 bits per heavy atom. The molecule has 0 spiro atoms.